The molecule has 2 nitrogen and oxygen atoms in total. The van der Waals surface area contributed by atoms with Crippen LogP contribution in [-0.2, 0) is 9.47 Å². The highest BCUT2D eigenvalue weighted by Crippen LogP contribution is 2.36. The lowest BCUT2D eigenvalue weighted by Gasteiger charge is -2.28. The van der Waals surface area contributed by atoms with E-state index in [4.69, 9.17) is 9.47 Å². The van der Waals surface area contributed by atoms with E-state index < -0.39 is 0 Å². The summed E-state index contributed by atoms with van der Waals surface area (Å²) < 4.78 is 11.8. The smallest absolute Gasteiger partial charge is 0.168 e. The molecule has 2 fully saturated rings. The highest BCUT2D eigenvalue weighted by molar-refractivity contribution is 4.77. The predicted molar refractivity (Wildman–Crippen MR) is 70.0 cm³/mol. The van der Waals surface area contributed by atoms with E-state index >= 15 is 0 Å². The molecule has 0 amide bonds. The summed E-state index contributed by atoms with van der Waals surface area (Å²) in [6, 6.07) is 0. The molecule has 1 aliphatic heterocycles. The van der Waals surface area contributed by atoms with Gasteiger partial charge in [0, 0.05) is 12.8 Å². The second-order valence-electron chi connectivity index (χ2n) is 5.75. The summed E-state index contributed by atoms with van der Waals surface area (Å²) in [5, 5.41) is 0. The standard InChI is InChI=1S/C15H28O2/c1-2-3-6-10-15(16-12-13-17-15)11-9-14-7-4-5-8-14/h14H,2-13H2,1H3. The molecule has 0 radical (unpaired) electrons. The van der Waals surface area contributed by atoms with Crippen molar-refractivity contribution in [2.24, 2.45) is 5.92 Å². The zero-order chi connectivity index (χ0) is 12.0. The van der Waals surface area contributed by atoms with E-state index in [1.165, 1.54) is 51.4 Å². The first-order chi connectivity index (χ1) is 8.35. The molecule has 2 aliphatic rings. The summed E-state index contributed by atoms with van der Waals surface area (Å²) in [6.45, 7) is 3.86. The highest BCUT2D eigenvalue weighted by atomic mass is 16.7. The molecule has 1 saturated carbocycles. The van der Waals surface area contributed by atoms with Gasteiger partial charge < -0.3 is 9.47 Å². The van der Waals surface area contributed by atoms with E-state index in [2.05, 4.69) is 6.92 Å². The maximum atomic E-state index is 5.92. The minimum atomic E-state index is -0.197. The Morgan fingerprint density at radius 2 is 1.71 bits per heavy atom. The van der Waals surface area contributed by atoms with Crippen molar-refractivity contribution < 1.29 is 9.47 Å². The third-order valence-corrected chi connectivity index (χ3v) is 4.38. The molecule has 0 atom stereocenters. The molecular weight excluding hydrogens is 212 g/mol. The van der Waals surface area contributed by atoms with E-state index in [-0.39, 0.29) is 5.79 Å². The van der Waals surface area contributed by atoms with E-state index in [1.54, 1.807) is 0 Å². The zero-order valence-electron chi connectivity index (χ0n) is 11.4. The normalized spacial score (nSPS) is 24.5. The van der Waals surface area contributed by atoms with Gasteiger partial charge in [-0.1, -0.05) is 45.4 Å². The SMILES string of the molecule is CCCCCC1(CCC2CCCC2)OCCO1. The van der Waals surface area contributed by atoms with Crippen molar-refractivity contribution in [3.05, 3.63) is 0 Å². The monoisotopic (exact) mass is 240 g/mol. The molecule has 0 aromatic rings. The molecule has 0 bridgehead atoms. The van der Waals surface area contributed by atoms with Gasteiger partial charge in [0.1, 0.15) is 0 Å². The van der Waals surface area contributed by atoms with E-state index in [0.29, 0.717) is 0 Å². The van der Waals surface area contributed by atoms with E-state index in [0.717, 1.165) is 32.0 Å². The molecule has 0 aromatic carbocycles. The van der Waals surface area contributed by atoms with Crippen LogP contribution < -0.4 is 0 Å². The predicted octanol–water partition coefficient (Wildman–Crippen LogP) is 4.28. The Hall–Kier alpha value is -0.0800. The van der Waals surface area contributed by atoms with Crippen LogP contribution in [0.5, 0.6) is 0 Å². The lowest BCUT2D eigenvalue weighted by atomic mass is 9.95. The Morgan fingerprint density at radius 1 is 1.00 bits per heavy atom. The van der Waals surface area contributed by atoms with Gasteiger partial charge in [-0.3, -0.25) is 0 Å². The summed E-state index contributed by atoms with van der Waals surface area (Å²) in [6.07, 6.45) is 13.1. The minimum absolute atomic E-state index is 0.197. The molecule has 2 rings (SSSR count). The average Bonchev–Trinajstić information content (AvgIpc) is 2.99. The van der Waals surface area contributed by atoms with Crippen LogP contribution in [0.25, 0.3) is 0 Å². The largest absolute Gasteiger partial charge is 0.348 e. The first-order valence-electron chi connectivity index (χ1n) is 7.62. The second-order valence-corrected chi connectivity index (χ2v) is 5.75. The lowest BCUT2D eigenvalue weighted by molar-refractivity contribution is -0.170. The maximum absolute atomic E-state index is 5.92. The van der Waals surface area contributed by atoms with Crippen LogP contribution in [0.3, 0.4) is 0 Å². The van der Waals surface area contributed by atoms with Crippen molar-refractivity contribution >= 4 is 0 Å². The molecule has 0 aromatic heterocycles. The summed E-state index contributed by atoms with van der Waals surface area (Å²) in [5.74, 6) is 0.753. The van der Waals surface area contributed by atoms with Crippen LogP contribution in [0, 0.1) is 5.92 Å². The number of rotatable bonds is 7. The highest BCUT2D eigenvalue weighted by Gasteiger charge is 2.36. The Morgan fingerprint density at radius 3 is 2.35 bits per heavy atom. The third kappa shape index (κ3) is 3.96. The molecule has 0 unspecified atom stereocenters. The van der Waals surface area contributed by atoms with Crippen LogP contribution in [0.2, 0.25) is 0 Å². The van der Waals surface area contributed by atoms with Crippen LogP contribution >= 0.6 is 0 Å². The molecule has 17 heavy (non-hydrogen) atoms. The van der Waals surface area contributed by atoms with Gasteiger partial charge in [0.15, 0.2) is 5.79 Å². The molecule has 1 aliphatic carbocycles. The topological polar surface area (TPSA) is 18.5 Å². The van der Waals surface area contributed by atoms with Crippen LogP contribution in [0.4, 0.5) is 0 Å². The molecule has 2 heteroatoms. The molecule has 0 spiro atoms. The number of hydrogen-bond donors (Lipinski definition) is 0. The number of unbranched alkanes of at least 4 members (excludes halogenated alkanes) is 2. The van der Waals surface area contributed by atoms with Crippen molar-refractivity contribution in [2.45, 2.75) is 76.9 Å². The quantitative estimate of drug-likeness (QED) is 0.618. The summed E-state index contributed by atoms with van der Waals surface area (Å²) in [4.78, 5) is 0. The van der Waals surface area contributed by atoms with Crippen LogP contribution in [-0.4, -0.2) is 19.0 Å². The van der Waals surface area contributed by atoms with Gasteiger partial charge in [0.2, 0.25) is 0 Å². The van der Waals surface area contributed by atoms with Crippen LogP contribution in [0.1, 0.15) is 71.1 Å². The first-order valence-corrected chi connectivity index (χ1v) is 7.62. The first kappa shape index (κ1) is 13.4. The van der Waals surface area contributed by atoms with Crippen molar-refractivity contribution in [1.29, 1.82) is 0 Å². The van der Waals surface area contributed by atoms with Crippen molar-refractivity contribution in [2.75, 3.05) is 13.2 Å². The maximum Gasteiger partial charge on any atom is 0.168 e. The fourth-order valence-corrected chi connectivity index (χ4v) is 3.28. The Kier molecular flexibility index (Phi) is 5.30. The fraction of sp³-hybridized carbons (Fsp3) is 1.00. The summed E-state index contributed by atoms with van der Waals surface area (Å²) in [7, 11) is 0. The second kappa shape index (κ2) is 6.75. The van der Waals surface area contributed by atoms with Crippen molar-refractivity contribution in [1.82, 2.24) is 0 Å². The van der Waals surface area contributed by atoms with Gasteiger partial charge in [-0.2, -0.15) is 0 Å². The summed E-state index contributed by atoms with van der Waals surface area (Å²) in [5.41, 5.74) is 0. The van der Waals surface area contributed by atoms with E-state index in [9.17, 15) is 0 Å². The third-order valence-electron chi connectivity index (χ3n) is 4.38. The van der Waals surface area contributed by atoms with Gasteiger partial charge >= 0.3 is 0 Å². The Labute approximate surface area is 106 Å². The number of ether oxygens (including phenoxy) is 2. The van der Waals surface area contributed by atoms with Crippen LogP contribution in [0.15, 0.2) is 0 Å². The van der Waals surface area contributed by atoms with Gasteiger partial charge in [-0.25, -0.2) is 0 Å². The molecule has 100 valence electrons. The average molecular weight is 240 g/mol. The fourth-order valence-electron chi connectivity index (χ4n) is 3.28. The molecule has 0 N–H and O–H groups in total. The van der Waals surface area contributed by atoms with Gasteiger partial charge in [-0.15, -0.1) is 0 Å². The molecular formula is C15H28O2. The van der Waals surface area contributed by atoms with Crippen molar-refractivity contribution in [3.63, 3.8) is 0 Å². The van der Waals surface area contributed by atoms with Gasteiger partial charge in [-0.05, 0) is 18.8 Å². The van der Waals surface area contributed by atoms with E-state index in [1.807, 2.05) is 0 Å². The minimum Gasteiger partial charge on any atom is -0.348 e. The lowest BCUT2D eigenvalue weighted by Crippen LogP contribution is -2.30. The summed E-state index contributed by atoms with van der Waals surface area (Å²) >= 11 is 0. The van der Waals surface area contributed by atoms with Crippen molar-refractivity contribution in [3.8, 4) is 0 Å². The Balaban J connectivity index is 1.74. The molecule has 1 saturated heterocycles. The zero-order valence-corrected chi connectivity index (χ0v) is 11.4. The number of hydrogen-bond acceptors (Lipinski definition) is 2. The Bertz CT molecular complexity index is 203. The van der Waals surface area contributed by atoms with Gasteiger partial charge in [0.05, 0.1) is 13.2 Å². The molecule has 1 heterocycles. The van der Waals surface area contributed by atoms with Gasteiger partial charge in [0.25, 0.3) is 0 Å².